The van der Waals surface area contributed by atoms with E-state index in [1.165, 1.54) is 19.1 Å². The van der Waals surface area contributed by atoms with Crippen LogP contribution in [0.5, 0.6) is 0 Å². The van der Waals surface area contributed by atoms with Gasteiger partial charge >= 0.3 is 0 Å². The van der Waals surface area contributed by atoms with Crippen LogP contribution in [0.25, 0.3) is 0 Å². The molecule has 0 saturated carbocycles. The lowest BCUT2D eigenvalue weighted by Gasteiger charge is -2.23. The third-order valence-corrected chi connectivity index (χ3v) is 4.94. The van der Waals surface area contributed by atoms with Crippen LogP contribution >= 0.6 is 11.8 Å². The van der Waals surface area contributed by atoms with E-state index in [0.717, 1.165) is 11.8 Å². The van der Waals surface area contributed by atoms with Gasteiger partial charge in [-0.2, -0.15) is 11.8 Å². The molecule has 20 heavy (non-hydrogen) atoms. The maximum Gasteiger partial charge on any atom is 0.240 e. The average molecular weight is 321 g/mol. The summed E-state index contributed by atoms with van der Waals surface area (Å²) >= 11 is 1.58. The minimum atomic E-state index is -3.74. The largest absolute Gasteiger partial charge is 0.389 e. The number of benzene rings is 1. The van der Waals surface area contributed by atoms with Crippen LogP contribution < -0.4 is 4.72 Å². The zero-order valence-corrected chi connectivity index (χ0v) is 13.4. The second-order valence-electron chi connectivity index (χ2n) is 4.98. The van der Waals surface area contributed by atoms with Gasteiger partial charge in [0.1, 0.15) is 5.82 Å². The molecule has 0 fully saturated rings. The van der Waals surface area contributed by atoms with Crippen LogP contribution in [0.15, 0.2) is 23.1 Å². The van der Waals surface area contributed by atoms with Crippen molar-refractivity contribution in [3.05, 3.63) is 29.6 Å². The summed E-state index contributed by atoms with van der Waals surface area (Å²) in [5.41, 5.74) is -0.840. The smallest absolute Gasteiger partial charge is 0.240 e. The van der Waals surface area contributed by atoms with Gasteiger partial charge in [-0.15, -0.1) is 0 Å². The molecule has 0 aliphatic rings. The SMILES string of the molecule is CSCC[C@](C)(O)CNS(=O)(=O)c1ccc(F)c(C)c1. The Morgan fingerprint density at radius 1 is 1.45 bits per heavy atom. The number of thioether (sulfide) groups is 1. The van der Waals surface area contributed by atoms with Gasteiger partial charge in [-0.05, 0) is 56.0 Å². The third-order valence-electron chi connectivity index (χ3n) is 2.93. The van der Waals surface area contributed by atoms with Crippen molar-refractivity contribution in [2.24, 2.45) is 0 Å². The molecule has 0 aliphatic carbocycles. The van der Waals surface area contributed by atoms with E-state index < -0.39 is 21.4 Å². The first-order chi connectivity index (χ1) is 9.18. The summed E-state index contributed by atoms with van der Waals surface area (Å²) in [4.78, 5) is -0.00272. The second kappa shape index (κ2) is 6.89. The molecule has 7 heteroatoms. The average Bonchev–Trinajstić information content (AvgIpc) is 2.37. The van der Waals surface area contributed by atoms with Gasteiger partial charge in [-0.3, -0.25) is 0 Å². The fourth-order valence-corrected chi connectivity index (χ4v) is 3.42. The van der Waals surface area contributed by atoms with Gasteiger partial charge in [-0.1, -0.05) is 0 Å². The molecule has 0 amide bonds. The highest BCUT2D eigenvalue weighted by Crippen LogP contribution is 2.16. The highest BCUT2D eigenvalue weighted by atomic mass is 32.2. The van der Waals surface area contributed by atoms with Crippen molar-refractivity contribution >= 4 is 21.8 Å². The van der Waals surface area contributed by atoms with Gasteiger partial charge < -0.3 is 5.11 Å². The van der Waals surface area contributed by atoms with Crippen molar-refractivity contribution in [1.29, 1.82) is 0 Å². The highest BCUT2D eigenvalue weighted by Gasteiger charge is 2.24. The Labute approximate surface area is 123 Å². The number of hydrogen-bond donors (Lipinski definition) is 2. The lowest BCUT2D eigenvalue weighted by atomic mass is 10.1. The van der Waals surface area contributed by atoms with Gasteiger partial charge in [0.25, 0.3) is 0 Å². The number of rotatable bonds is 7. The van der Waals surface area contributed by atoms with Crippen molar-refractivity contribution in [2.75, 3.05) is 18.6 Å². The van der Waals surface area contributed by atoms with Gasteiger partial charge in [0, 0.05) is 6.54 Å². The maximum absolute atomic E-state index is 13.1. The summed E-state index contributed by atoms with van der Waals surface area (Å²) in [5.74, 6) is 0.292. The molecular formula is C13H20FNO3S2. The first-order valence-electron chi connectivity index (χ1n) is 6.15. The maximum atomic E-state index is 13.1. The summed E-state index contributed by atoms with van der Waals surface area (Å²) in [6.45, 7) is 3.01. The van der Waals surface area contributed by atoms with Crippen molar-refractivity contribution in [1.82, 2.24) is 4.72 Å². The molecule has 1 aromatic rings. The predicted octanol–water partition coefficient (Wildman–Crippen LogP) is 1.92. The number of aliphatic hydroxyl groups is 1. The van der Waals surface area contributed by atoms with E-state index in [4.69, 9.17) is 0 Å². The molecule has 1 rings (SSSR count). The number of aryl methyl sites for hydroxylation is 1. The molecule has 0 bridgehead atoms. The van der Waals surface area contributed by atoms with E-state index in [1.807, 2.05) is 6.26 Å². The summed E-state index contributed by atoms with van der Waals surface area (Å²) < 4.78 is 39.6. The van der Waals surface area contributed by atoms with Crippen molar-refractivity contribution in [3.63, 3.8) is 0 Å². The monoisotopic (exact) mass is 321 g/mol. The Balaban J connectivity index is 2.77. The van der Waals surface area contributed by atoms with Crippen LogP contribution in [0.4, 0.5) is 4.39 Å². The minimum absolute atomic E-state index is 0.00272. The Hall–Kier alpha value is -0.630. The van der Waals surface area contributed by atoms with Crippen molar-refractivity contribution in [2.45, 2.75) is 30.8 Å². The van der Waals surface area contributed by atoms with Gasteiger partial charge in [0.2, 0.25) is 10.0 Å². The molecule has 1 atom stereocenters. The van der Waals surface area contributed by atoms with Crippen LogP contribution in [0.3, 0.4) is 0 Å². The summed E-state index contributed by atoms with van der Waals surface area (Å²) in [5, 5.41) is 10.1. The van der Waals surface area contributed by atoms with Crippen molar-refractivity contribution in [3.8, 4) is 0 Å². The van der Waals surface area contributed by atoms with Gasteiger partial charge in [0.05, 0.1) is 10.5 Å². The molecule has 1 aromatic carbocycles. The summed E-state index contributed by atoms with van der Waals surface area (Å²) in [6, 6.07) is 3.60. The number of halogens is 1. The number of nitrogens with one attached hydrogen (secondary N) is 1. The molecule has 0 heterocycles. The van der Waals surface area contributed by atoms with Crippen LogP contribution in [0, 0.1) is 12.7 Å². The van der Waals surface area contributed by atoms with Crippen LogP contribution in [-0.4, -0.2) is 37.7 Å². The molecule has 0 aliphatic heterocycles. The Bertz CT molecular complexity index is 559. The normalized spacial score (nSPS) is 15.1. The fraction of sp³-hybridized carbons (Fsp3) is 0.538. The van der Waals surface area contributed by atoms with E-state index >= 15 is 0 Å². The molecular weight excluding hydrogens is 301 g/mol. The van der Waals surface area contributed by atoms with Crippen LogP contribution in [-0.2, 0) is 10.0 Å². The topological polar surface area (TPSA) is 66.4 Å². The molecule has 2 N–H and O–H groups in total. The highest BCUT2D eigenvalue weighted by molar-refractivity contribution is 7.98. The first-order valence-corrected chi connectivity index (χ1v) is 9.03. The zero-order chi connectivity index (χ0) is 15.4. The Morgan fingerprint density at radius 2 is 2.10 bits per heavy atom. The molecule has 0 radical (unpaired) electrons. The lowest BCUT2D eigenvalue weighted by Crippen LogP contribution is -2.41. The van der Waals surface area contributed by atoms with Crippen LogP contribution in [0.1, 0.15) is 18.9 Å². The Morgan fingerprint density at radius 3 is 2.65 bits per heavy atom. The number of hydrogen-bond acceptors (Lipinski definition) is 4. The molecule has 4 nitrogen and oxygen atoms in total. The van der Waals surface area contributed by atoms with E-state index in [2.05, 4.69) is 4.72 Å². The van der Waals surface area contributed by atoms with Gasteiger partial charge in [-0.25, -0.2) is 17.5 Å². The van der Waals surface area contributed by atoms with Crippen LogP contribution in [0.2, 0.25) is 0 Å². The van der Waals surface area contributed by atoms with E-state index in [1.54, 1.807) is 18.7 Å². The van der Waals surface area contributed by atoms with E-state index in [-0.39, 0.29) is 17.0 Å². The first kappa shape index (κ1) is 17.4. The van der Waals surface area contributed by atoms with E-state index in [9.17, 15) is 17.9 Å². The van der Waals surface area contributed by atoms with E-state index in [0.29, 0.717) is 6.42 Å². The third kappa shape index (κ3) is 5.05. The zero-order valence-electron chi connectivity index (χ0n) is 11.8. The lowest BCUT2D eigenvalue weighted by molar-refractivity contribution is 0.0626. The van der Waals surface area contributed by atoms with Crippen molar-refractivity contribution < 1.29 is 17.9 Å². The number of sulfonamides is 1. The summed E-state index contributed by atoms with van der Waals surface area (Å²) in [6.07, 6.45) is 2.40. The quantitative estimate of drug-likeness (QED) is 0.805. The molecule has 0 unspecified atom stereocenters. The molecule has 0 aromatic heterocycles. The minimum Gasteiger partial charge on any atom is -0.389 e. The summed E-state index contributed by atoms with van der Waals surface area (Å²) in [7, 11) is -3.74. The fourth-order valence-electron chi connectivity index (χ4n) is 1.53. The van der Waals surface area contributed by atoms with Gasteiger partial charge in [0.15, 0.2) is 0 Å². The molecule has 0 spiro atoms. The second-order valence-corrected chi connectivity index (χ2v) is 7.73. The molecule has 114 valence electrons. The molecule has 0 saturated heterocycles. The Kier molecular flexibility index (Phi) is 6.00. The standard InChI is InChI=1S/C13H20FNO3S2/c1-10-8-11(4-5-12(10)14)20(17,18)15-9-13(2,16)6-7-19-3/h4-5,8,15-16H,6-7,9H2,1-3H3/t13-/m0/s1. The predicted molar refractivity (Wildman–Crippen MR) is 79.9 cm³/mol.